The van der Waals surface area contributed by atoms with E-state index >= 15 is 0 Å². The normalized spacial score (nSPS) is 21.0. The maximum absolute atomic E-state index is 14.3. The molecule has 4 atom stereocenters. The first-order valence-electron chi connectivity index (χ1n) is 16.3. The highest BCUT2D eigenvalue weighted by atomic mass is 16.5. The second kappa shape index (κ2) is 14.9. The standard InChI is InChI=1S/C38H48N2O6/c1-8-10-11-18-46-31-17-16-27(21-32(31)45-9-2)33-34(36(42)39-28-19-23(3)12-14-25(28)5)30(41)22-38(7,44)35(33)37(43)40-29-20-24(4)13-15-26(29)6/h12-17,19-21,33-35,44H,8-11,18,22H2,1-7H3,(H,39,42)(H,40,43). The Hall–Kier alpha value is -4.17. The third kappa shape index (κ3) is 7.97. The van der Waals surface area contributed by atoms with Gasteiger partial charge in [0.2, 0.25) is 11.8 Å². The molecule has 3 aromatic rings. The Morgan fingerprint density at radius 1 is 0.826 bits per heavy atom. The summed E-state index contributed by atoms with van der Waals surface area (Å²) in [4.78, 5) is 42.3. The average Bonchev–Trinajstić information content (AvgIpc) is 2.98. The van der Waals surface area contributed by atoms with Gasteiger partial charge in [-0.1, -0.05) is 50.1 Å². The highest BCUT2D eigenvalue weighted by Gasteiger charge is 2.56. The van der Waals surface area contributed by atoms with Gasteiger partial charge in [0.25, 0.3) is 0 Å². The van der Waals surface area contributed by atoms with E-state index in [1.54, 1.807) is 18.2 Å². The van der Waals surface area contributed by atoms with Crippen molar-refractivity contribution < 1.29 is 29.0 Å². The Kier molecular flexibility index (Phi) is 11.3. The molecule has 2 amide bonds. The van der Waals surface area contributed by atoms with Gasteiger partial charge in [0.15, 0.2) is 11.5 Å². The van der Waals surface area contributed by atoms with Gasteiger partial charge in [-0.05, 0) is 100 Å². The fourth-order valence-corrected chi connectivity index (χ4v) is 6.31. The second-order valence-electron chi connectivity index (χ2n) is 12.8. The van der Waals surface area contributed by atoms with E-state index in [9.17, 15) is 19.5 Å². The molecule has 1 aliphatic rings. The van der Waals surface area contributed by atoms with Gasteiger partial charge in [0.05, 0.1) is 24.7 Å². The van der Waals surface area contributed by atoms with E-state index in [0.29, 0.717) is 41.7 Å². The summed E-state index contributed by atoms with van der Waals surface area (Å²) >= 11 is 0. The van der Waals surface area contributed by atoms with Crippen molar-refractivity contribution >= 4 is 29.0 Å². The maximum atomic E-state index is 14.3. The quantitative estimate of drug-likeness (QED) is 0.144. The van der Waals surface area contributed by atoms with Crippen LogP contribution in [0.1, 0.15) is 80.2 Å². The van der Waals surface area contributed by atoms with Gasteiger partial charge in [-0.2, -0.15) is 0 Å². The van der Waals surface area contributed by atoms with Crippen LogP contribution in [0.25, 0.3) is 0 Å². The molecule has 8 nitrogen and oxygen atoms in total. The minimum Gasteiger partial charge on any atom is -0.490 e. The molecule has 3 N–H and O–H groups in total. The number of hydrogen-bond acceptors (Lipinski definition) is 6. The van der Waals surface area contributed by atoms with E-state index in [1.807, 2.05) is 71.0 Å². The van der Waals surface area contributed by atoms with E-state index < -0.39 is 41.0 Å². The average molecular weight is 629 g/mol. The van der Waals surface area contributed by atoms with Crippen molar-refractivity contribution in [3.05, 3.63) is 82.4 Å². The fraction of sp³-hybridized carbons (Fsp3) is 0.447. The van der Waals surface area contributed by atoms with E-state index in [2.05, 4.69) is 17.6 Å². The van der Waals surface area contributed by atoms with Crippen molar-refractivity contribution in [1.82, 2.24) is 0 Å². The Morgan fingerprint density at radius 3 is 2.02 bits per heavy atom. The second-order valence-corrected chi connectivity index (χ2v) is 12.8. The molecule has 4 unspecified atom stereocenters. The summed E-state index contributed by atoms with van der Waals surface area (Å²) in [6.07, 6.45) is 2.64. The Balaban J connectivity index is 1.82. The first-order valence-corrected chi connectivity index (χ1v) is 16.3. The van der Waals surface area contributed by atoms with Gasteiger partial charge in [-0.15, -0.1) is 0 Å². The number of nitrogens with one attached hydrogen (secondary N) is 2. The number of anilines is 2. The number of ketones is 1. The number of ether oxygens (including phenoxy) is 2. The van der Waals surface area contributed by atoms with Gasteiger partial charge in [0, 0.05) is 23.7 Å². The number of aliphatic hydroxyl groups is 1. The molecular weight excluding hydrogens is 580 g/mol. The number of hydrogen-bond donors (Lipinski definition) is 3. The third-order valence-electron chi connectivity index (χ3n) is 8.79. The number of amides is 2. The Labute approximate surface area is 272 Å². The Bertz CT molecular complexity index is 1580. The summed E-state index contributed by atoms with van der Waals surface area (Å²) in [5, 5.41) is 17.8. The molecule has 1 saturated carbocycles. The van der Waals surface area contributed by atoms with Crippen LogP contribution in [-0.2, 0) is 14.4 Å². The largest absolute Gasteiger partial charge is 0.490 e. The minimum absolute atomic E-state index is 0.351. The molecule has 246 valence electrons. The molecule has 0 aromatic heterocycles. The van der Waals surface area contributed by atoms with Crippen LogP contribution in [0, 0.1) is 39.5 Å². The lowest BCUT2D eigenvalue weighted by atomic mass is 9.61. The summed E-state index contributed by atoms with van der Waals surface area (Å²) in [7, 11) is 0. The van der Waals surface area contributed by atoms with Gasteiger partial charge in [0.1, 0.15) is 11.7 Å². The summed E-state index contributed by atoms with van der Waals surface area (Å²) < 4.78 is 12.0. The smallest absolute Gasteiger partial charge is 0.235 e. The summed E-state index contributed by atoms with van der Waals surface area (Å²) in [5.41, 5.74) is 3.62. The predicted octanol–water partition coefficient (Wildman–Crippen LogP) is 7.21. The topological polar surface area (TPSA) is 114 Å². The minimum atomic E-state index is -1.74. The van der Waals surface area contributed by atoms with Crippen LogP contribution in [0.5, 0.6) is 11.5 Å². The molecule has 0 bridgehead atoms. The highest BCUT2D eigenvalue weighted by molar-refractivity contribution is 6.10. The first-order chi connectivity index (χ1) is 21.9. The van der Waals surface area contributed by atoms with Crippen LogP contribution in [0.4, 0.5) is 11.4 Å². The molecule has 8 heteroatoms. The van der Waals surface area contributed by atoms with Gasteiger partial charge >= 0.3 is 0 Å². The number of unbranched alkanes of at least 4 members (excludes halogenated alkanes) is 2. The number of rotatable bonds is 12. The van der Waals surface area contributed by atoms with E-state index in [4.69, 9.17) is 9.47 Å². The number of carbonyl (C=O) groups is 3. The molecule has 4 rings (SSSR count). The van der Waals surface area contributed by atoms with Gasteiger partial charge in [-0.25, -0.2) is 0 Å². The first kappa shape index (κ1) is 34.7. The molecule has 0 radical (unpaired) electrons. The lowest BCUT2D eigenvalue weighted by Gasteiger charge is -2.44. The lowest BCUT2D eigenvalue weighted by molar-refractivity contribution is -0.150. The van der Waals surface area contributed by atoms with Crippen molar-refractivity contribution in [2.75, 3.05) is 23.8 Å². The fourth-order valence-electron chi connectivity index (χ4n) is 6.31. The van der Waals surface area contributed by atoms with Crippen LogP contribution in [-0.4, -0.2) is 41.5 Å². The monoisotopic (exact) mass is 628 g/mol. The molecule has 0 aliphatic heterocycles. The van der Waals surface area contributed by atoms with Crippen LogP contribution in [0.15, 0.2) is 54.6 Å². The predicted molar refractivity (Wildman–Crippen MR) is 182 cm³/mol. The molecule has 1 fully saturated rings. The number of carbonyl (C=O) groups excluding carboxylic acids is 3. The SMILES string of the molecule is CCCCCOc1ccc(C2C(C(=O)Nc3cc(C)ccc3C)C(=O)CC(C)(O)C2C(=O)Nc2cc(C)ccc2C)cc1OCC. The summed E-state index contributed by atoms with van der Waals surface area (Å²) in [6.45, 7) is 14.0. The van der Waals surface area contributed by atoms with Crippen molar-refractivity contribution in [3.8, 4) is 11.5 Å². The zero-order chi connectivity index (χ0) is 33.6. The van der Waals surface area contributed by atoms with Crippen LogP contribution in [0.2, 0.25) is 0 Å². The van der Waals surface area contributed by atoms with Crippen LogP contribution < -0.4 is 20.1 Å². The molecule has 3 aromatic carbocycles. The number of benzene rings is 3. The van der Waals surface area contributed by atoms with E-state index in [0.717, 1.165) is 41.5 Å². The van der Waals surface area contributed by atoms with Crippen LogP contribution in [0.3, 0.4) is 0 Å². The zero-order valence-corrected chi connectivity index (χ0v) is 28.2. The zero-order valence-electron chi connectivity index (χ0n) is 28.2. The molecule has 0 spiro atoms. The molecule has 0 saturated heterocycles. The summed E-state index contributed by atoms with van der Waals surface area (Å²) in [5.74, 6) is -3.84. The highest BCUT2D eigenvalue weighted by Crippen LogP contribution is 2.48. The van der Waals surface area contributed by atoms with Crippen molar-refractivity contribution in [2.24, 2.45) is 11.8 Å². The number of aryl methyl sites for hydroxylation is 4. The molecule has 46 heavy (non-hydrogen) atoms. The summed E-state index contributed by atoms with van der Waals surface area (Å²) in [6, 6.07) is 16.7. The molecule has 0 heterocycles. The number of Topliss-reactive ketones (excluding diaryl/α,β-unsaturated/α-hetero) is 1. The molecular formula is C38H48N2O6. The van der Waals surface area contributed by atoms with Crippen LogP contribution >= 0.6 is 0 Å². The maximum Gasteiger partial charge on any atom is 0.235 e. The van der Waals surface area contributed by atoms with E-state index in [-0.39, 0.29) is 6.42 Å². The van der Waals surface area contributed by atoms with Crippen molar-refractivity contribution in [3.63, 3.8) is 0 Å². The lowest BCUT2D eigenvalue weighted by Crippen LogP contribution is -2.56. The Morgan fingerprint density at radius 2 is 1.43 bits per heavy atom. The van der Waals surface area contributed by atoms with Crippen molar-refractivity contribution in [2.45, 2.75) is 85.7 Å². The van der Waals surface area contributed by atoms with Crippen molar-refractivity contribution in [1.29, 1.82) is 0 Å². The van der Waals surface area contributed by atoms with Gasteiger partial charge in [-0.3, -0.25) is 14.4 Å². The molecule has 1 aliphatic carbocycles. The van der Waals surface area contributed by atoms with Gasteiger partial charge < -0.3 is 25.2 Å². The third-order valence-corrected chi connectivity index (χ3v) is 8.79. The van der Waals surface area contributed by atoms with E-state index in [1.165, 1.54) is 6.92 Å².